The van der Waals surface area contributed by atoms with Gasteiger partial charge >= 0.3 is 19.5 Å². The summed E-state index contributed by atoms with van der Waals surface area (Å²) in [4.78, 5) is 43.1. The molecule has 17 heteroatoms. The summed E-state index contributed by atoms with van der Waals surface area (Å²) in [6.45, 7) is 17.8. The number of carbonyl (C=O) groups excluding carboxylic acids is 1. The van der Waals surface area contributed by atoms with Crippen LogP contribution in [0.4, 0.5) is 4.79 Å². The Kier molecular flexibility index (Phi) is 26.2. The maximum Gasteiger partial charge on any atom is 0.407 e. The third-order valence-corrected chi connectivity index (χ3v) is 20.9. The normalized spacial score (nSPS) is 29.0. The summed E-state index contributed by atoms with van der Waals surface area (Å²) in [5, 5.41) is 13.1. The predicted molar refractivity (Wildman–Crippen MR) is 309 cm³/mol. The smallest absolute Gasteiger partial charge is 0.407 e. The first kappa shape index (κ1) is 63.2. The molecule has 1 unspecified atom stereocenters. The number of unbranched alkanes of at least 4 members (excludes halogenated alkanes) is 15. The molecule has 4 fully saturated rings. The van der Waals surface area contributed by atoms with Crippen LogP contribution in [0.2, 0.25) is 0 Å². The van der Waals surface area contributed by atoms with Crippen molar-refractivity contribution in [3.05, 3.63) is 54.7 Å². The van der Waals surface area contributed by atoms with Crippen molar-refractivity contribution >= 4 is 13.8 Å². The molecule has 4 aliphatic carbocycles. The molecule has 12 atom stereocenters. The molecule has 6 rings (SSSR count). The Morgan fingerprint density at radius 1 is 0.870 bits per heavy atom. The lowest BCUT2D eigenvalue weighted by atomic mass is 9.47. The largest absolute Gasteiger partial charge is 0.446 e. The van der Waals surface area contributed by atoms with Gasteiger partial charge in [-0.15, -0.1) is 0 Å². The number of aryl methyl sites for hydroxylation is 1. The van der Waals surface area contributed by atoms with Crippen molar-refractivity contribution in [2.24, 2.45) is 51.5 Å². The van der Waals surface area contributed by atoms with Crippen molar-refractivity contribution in [2.45, 2.75) is 253 Å². The molecule has 0 bridgehead atoms. The summed E-state index contributed by atoms with van der Waals surface area (Å²) >= 11 is 0. The van der Waals surface area contributed by atoms with Crippen molar-refractivity contribution in [2.75, 3.05) is 39.4 Å². The molecule has 1 saturated heterocycles. The minimum absolute atomic E-state index is 0.119. The van der Waals surface area contributed by atoms with Crippen LogP contribution in [0.5, 0.6) is 0 Å². The van der Waals surface area contributed by atoms with E-state index < -0.39 is 43.5 Å². The van der Waals surface area contributed by atoms with Gasteiger partial charge in [0.1, 0.15) is 12.3 Å². The van der Waals surface area contributed by atoms with Crippen LogP contribution in [0.1, 0.15) is 233 Å². The average molecular weight is 1100 g/mol. The van der Waals surface area contributed by atoms with Gasteiger partial charge < -0.3 is 20.1 Å². The molecule has 0 spiro atoms. The fraction of sp³-hybridized carbons (Fsp3) is 0.883. The van der Waals surface area contributed by atoms with Crippen molar-refractivity contribution in [1.29, 1.82) is 0 Å². The van der Waals surface area contributed by atoms with Gasteiger partial charge in [-0.05, 0) is 110 Å². The number of rotatable bonds is 36. The first-order valence-corrected chi connectivity index (χ1v) is 32.7. The van der Waals surface area contributed by atoms with Gasteiger partial charge in [-0.2, -0.15) is 0 Å². The molecule has 5 aliphatic rings. The standard InChI is InChI=1S/C60H105N8O8P/c1-8-9-10-11-12-13-14-15-16-17-18-19-20-21-22-23-39-73-77(72,74-43-54-53(66-67-61)41-55(76-54)68-42-46(5)56(69)65-57(68)70)64-38-36-62-35-37-63-58(71)75-48-31-33-59(6)47(40-48)27-28-49-51-30-29-50(45(4)26-24-25-44(2)3)60(51,7)34-32-52(49)59/h27,42,44-45,48-55,62H,8-26,28-41,43H2,1-7H3,(H,63,71)(H,64,72)(H,65,69,70)/t45-,48+,49+,50-,51+,52+,53+,54-,55-,59+,60-,77?/m1/s1. The molecule has 4 N–H and O–H groups in total. The van der Waals surface area contributed by atoms with Crippen LogP contribution in [0.15, 0.2) is 32.5 Å². The summed E-state index contributed by atoms with van der Waals surface area (Å²) in [6.07, 6.45) is 35.4. The molecule has 1 aromatic heterocycles. The summed E-state index contributed by atoms with van der Waals surface area (Å²) < 4.78 is 39.6. The molecule has 0 radical (unpaired) electrons. The number of nitrogens with zero attached hydrogens (tertiary/aromatic N) is 4. The van der Waals surface area contributed by atoms with E-state index >= 15 is 0 Å². The summed E-state index contributed by atoms with van der Waals surface area (Å²) in [5.74, 6) is 4.77. The van der Waals surface area contributed by atoms with Gasteiger partial charge in [-0.25, -0.2) is 19.2 Å². The summed E-state index contributed by atoms with van der Waals surface area (Å²) in [6, 6.07) is -0.721. The highest BCUT2D eigenvalue weighted by Gasteiger charge is 2.59. The number of nitrogens with one attached hydrogen (secondary N) is 4. The zero-order chi connectivity index (χ0) is 55.3. The zero-order valence-electron chi connectivity index (χ0n) is 49.0. The number of aromatic amines is 1. The number of azide groups is 1. The first-order valence-electron chi connectivity index (χ1n) is 31.1. The Morgan fingerprint density at radius 2 is 1.55 bits per heavy atom. The van der Waals surface area contributed by atoms with Crippen LogP contribution in [0, 0.1) is 53.3 Å². The second kappa shape index (κ2) is 31.9. The number of hydrogen-bond acceptors (Lipinski definition) is 10. The van der Waals surface area contributed by atoms with E-state index in [0.717, 1.165) is 74.0 Å². The number of fused-ring (bicyclic) bond motifs is 5. The van der Waals surface area contributed by atoms with E-state index in [1.165, 1.54) is 151 Å². The molecule has 3 saturated carbocycles. The Bertz CT molecular complexity index is 2200. The van der Waals surface area contributed by atoms with Gasteiger partial charge in [-0.3, -0.25) is 23.4 Å². The van der Waals surface area contributed by atoms with E-state index in [1.54, 1.807) is 6.92 Å². The highest BCUT2D eigenvalue weighted by Crippen LogP contribution is 2.67. The molecule has 1 aromatic rings. The molecule has 0 aromatic carbocycles. The molecule has 1 amide bonds. The summed E-state index contributed by atoms with van der Waals surface area (Å²) in [5.41, 5.74) is 10.7. The maximum atomic E-state index is 14.2. The molecule has 16 nitrogen and oxygen atoms in total. The monoisotopic (exact) mass is 1100 g/mol. The van der Waals surface area contributed by atoms with Gasteiger partial charge in [0, 0.05) is 55.7 Å². The third-order valence-electron chi connectivity index (χ3n) is 19.2. The van der Waals surface area contributed by atoms with Crippen LogP contribution in [0.3, 0.4) is 0 Å². The number of amides is 1. The molecular formula is C60H105N8O8P. The van der Waals surface area contributed by atoms with Crippen LogP contribution in [0.25, 0.3) is 10.4 Å². The van der Waals surface area contributed by atoms with E-state index in [-0.39, 0.29) is 37.7 Å². The second-order valence-corrected chi connectivity index (χ2v) is 27.0. The maximum absolute atomic E-state index is 14.2. The molecule has 2 heterocycles. The van der Waals surface area contributed by atoms with Gasteiger partial charge in [0.2, 0.25) is 0 Å². The minimum Gasteiger partial charge on any atom is -0.446 e. The Hall–Kier alpha value is -2.97. The fourth-order valence-corrected chi connectivity index (χ4v) is 16.1. The summed E-state index contributed by atoms with van der Waals surface area (Å²) in [7, 11) is -3.87. The van der Waals surface area contributed by atoms with Crippen LogP contribution >= 0.6 is 7.75 Å². The van der Waals surface area contributed by atoms with Crippen molar-refractivity contribution in [3.63, 3.8) is 0 Å². The topological polar surface area (TPSA) is 211 Å². The fourth-order valence-electron chi connectivity index (χ4n) is 14.8. The first-order chi connectivity index (χ1) is 37.1. The molecule has 438 valence electrons. The number of ether oxygens (including phenoxy) is 2. The van der Waals surface area contributed by atoms with Gasteiger partial charge in [-0.1, -0.05) is 174 Å². The van der Waals surface area contributed by atoms with Crippen molar-refractivity contribution < 1.29 is 27.9 Å². The Morgan fingerprint density at radius 3 is 2.22 bits per heavy atom. The highest BCUT2D eigenvalue weighted by molar-refractivity contribution is 7.51. The third kappa shape index (κ3) is 18.5. The Labute approximate surface area is 463 Å². The minimum atomic E-state index is -3.87. The molecule has 1 aliphatic heterocycles. The van der Waals surface area contributed by atoms with Crippen LogP contribution in [-0.4, -0.2) is 73.3 Å². The van der Waals surface area contributed by atoms with Crippen molar-refractivity contribution in [1.82, 2.24) is 25.3 Å². The number of carbonyl (C=O) groups is 1. The lowest BCUT2D eigenvalue weighted by Crippen LogP contribution is -2.51. The highest BCUT2D eigenvalue weighted by atomic mass is 31.2. The molecular weight excluding hydrogens is 992 g/mol. The SMILES string of the molecule is CCCCCCCCCCCCCCCCCCOP(=O)(NCCNCCNC(=O)O[C@H]1CC[C@@]2(C)C(=CC[C@H]3[C@@H]4CC[C@H]([C@H](C)CCCC(C)C)[C@@]4(C)CC[C@@H]32)C1)OC[C@H]1O[C@@H](n2cc(C)c(=O)[nH]c2=O)C[C@@H]1N=[N+]=[N-]. The Balaban J connectivity index is 0.901. The van der Waals surface area contributed by atoms with Crippen molar-refractivity contribution in [3.8, 4) is 0 Å². The molecule has 77 heavy (non-hydrogen) atoms. The average Bonchev–Trinajstić information content (AvgIpc) is 3.99. The number of hydrogen-bond donors (Lipinski definition) is 4. The van der Waals surface area contributed by atoms with Crippen LogP contribution < -0.4 is 27.0 Å². The van der Waals surface area contributed by atoms with Gasteiger partial charge in [0.05, 0.1) is 25.4 Å². The second-order valence-electron chi connectivity index (χ2n) is 25.2. The number of alkyl carbamates (subject to hydrolysis) is 1. The van der Waals surface area contributed by atoms with E-state index in [2.05, 4.69) is 78.3 Å². The van der Waals surface area contributed by atoms with Crippen LogP contribution in [-0.2, 0) is 23.1 Å². The lowest BCUT2D eigenvalue weighted by molar-refractivity contribution is -0.0581. The lowest BCUT2D eigenvalue weighted by Gasteiger charge is -2.58. The van der Waals surface area contributed by atoms with E-state index in [1.807, 2.05) is 0 Å². The predicted octanol–water partition coefficient (Wildman–Crippen LogP) is 14.5. The van der Waals surface area contributed by atoms with E-state index in [0.29, 0.717) is 30.6 Å². The number of H-pyrrole nitrogens is 1. The van der Waals surface area contributed by atoms with Gasteiger partial charge in [0.25, 0.3) is 5.56 Å². The van der Waals surface area contributed by atoms with E-state index in [4.69, 9.17) is 18.5 Å². The number of allylic oxidation sites excluding steroid dienone is 1. The number of aromatic nitrogens is 2. The van der Waals surface area contributed by atoms with Gasteiger partial charge in [0.15, 0.2) is 0 Å². The zero-order valence-corrected chi connectivity index (χ0v) is 49.9. The quantitative estimate of drug-likeness (QED) is 0.0125. The van der Waals surface area contributed by atoms with E-state index in [9.17, 15) is 24.5 Å².